The van der Waals surface area contributed by atoms with E-state index in [2.05, 4.69) is 115 Å². The molecule has 3 heterocycles. The van der Waals surface area contributed by atoms with Gasteiger partial charge in [-0.2, -0.15) is 12.1 Å². The second kappa shape index (κ2) is 12.5. The number of nitrogens with zero attached hydrogens (tertiary/aromatic N) is 2. The zero-order chi connectivity index (χ0) is 27.1. The van der Waals surface area contributed by atoms with Gasteiger partial charge in [0.2, 0.25) is 0 Å². The number of benzene rings is 4. The number of pyridine rings is 2. The van der Waals surface area contributed by atoms with Gasteiger partial charge in [0, 0.05) is 52.6 Å². The number of hydrogen-bond acceptors (Lipinski definition) is 3. The zero-order valence-electron chi connectivity index (χ0n) is 23.0. The van der Waals surface area contributed by atoms with Crippen LogP contribution in [0.25, 0.3) is 54.5 Å². The van der Waals surface area contributed by atoms with Gasteiger partial charge >= 0.3 is 0 Å². The monoisotopic (exact) mass is 916 g/mol. The van der Waals surface area contributed by atoms with Crippen molar-refractivity contribution in [3.05, 3.63) is 144 Å². The Labute approximate surface area is 277 Å². The molecule has 2 radical (unpaired) electrons. The molecule has 5 heteroatoms. The molecular formula is C37H26Ir2N2S-2. The number of thiophene rings is 1. The Balaban J connectivity index is 0.000000179. The van der Waals surface area contributed by atoms with Crippen molar-refractivity contribution in [2.24, 2.45) is 0 Å². The molecule has 0 bridgehead atoms. The van der Waals surface area contributed by atoms with E-state index in [1.165, 1.54) is 43.8 Å². The van der Waals surface area contributed by atoms with Crippen molar-refractivity contribution in [1.29, 1.82) is 0 Å². The summed E-state index contributed by atoms with van der Waals surface area (Å²) in [6, 6.07) is 42.6. The minimum absolute atomic E-state index is 0. The van der Waals surface area contributed by atoms with Crippen LogP contribution in [-0.4, -0.2) is 9.97 Å². The molecule has 0 aliphatic heterocycles. The van der Waals surface area contributed by atoms with Crippen molar-refractivity contribution >= 4 is 32.9 Å². The van der Waals surface area contributed by atoms with E-state index in [0.717, 1.165) is 21.8 Å². The van der Waals surface area contributed by atoms with Crippen molar-refractivity contribution in [2.75, 3.05) is 0 Å². The molecule has 0 unspecified atom stereocenters. The molecule has 0 saturated heterocycles. The molecule has 210 valence electrons. The van der Waals surface area contributed by atoms with Gasteiger partial charge in [-0.25, -0.2) is 11.3 Å². The predicted molar refractivity (Wildman–Crippen MR) is 167 cm³/mol. The summed E-state index contributed by atoms with van der Waals surface area (Å²) in [5.41, 5.74) is 8.48. The van der Waals surface area contributed by atoms with E-state index in [9.17, 15) is 0 Å². The Hall–Kier alpha value is -3.30. The summed E-state index contributed by atoms with van der Waals surface area (Å²) >= 11 is 1.67. The van der Waals surface area contributed by atoms with E-state index in [0.29, 0.717) is 0 Å². The van der Waals surface area contributed by atoms with Gasteiger partial charge in [-0.3, -0.25) is 0 Å². The van der Waals surface area contributed by atoms with Crippen LogP contribution in [-0.2, 0) is 45.6 Å². The van der Waals surface area contributed by atoms with Crippen LogP contribution in [0.4, 0.5) is 0 Å². The summed E-state index contributed by atoms with van der Waals surface area (Å²) in [5.74, 6) is 0. The first-order valence-electron chi connectivity index (χ1n) is 13.4. The van der Waals surface area contributed by atoms with Gasteiger partial charge in [-0.15, -0.1) is 34.7 Å². The minimum Gasteiger partial charge on any atom is -0.318 e. The third-order valence-corrected chi connectivity index (χ3v) is 8.62. The molecule has 8 rings (SSSR count). The van der Waals surface area contributed by atoms with Gasteiger partial charge in [0.1, 0.15) is 0 Å². The largest absolute Gasteiger partial charge is 0.318 e. The van der Waals surface area contributed by atoms with E-state index >= 15 is 0 Å². The maximum Gasteiger partial charge on any atom is 0.0167 e. The van der Waals surface area contributed by atoms with Crippen LogP contribution in [0.5, 0.6) is 0 Å². The van der Waals surface area contributed by atoms with Gasteiger partial charge in [-0.1, -0.05) is 103 Å². The summed E-state index contributed by atoms with van der Waals surface area (Å²) in [5, 5.41) is 6.83. The maximum absolute atomic E-state index is 4.67. The molecule has 0 spiro atoms. The van der Waals surface area contributed by atoms with E-state index in [1.807, 2.05) is 42.0 Å². The first kappa shape index (κ1) is 30.2. The Morgan fingerprint density at radius 3 is 1.95 bits per heavy atom. The SMILES string of the molecule is CC1(C)c2ccccc2-c2c[c-]c(-c3nccc4ccccc34)cc21.[Ir].[Ir].[c-]1ccsc1-c1nccc2ccccc12. The molecule has 3 aromatic heterocycles. The standard InChI is InChI=1S/C24H18N.C13H8NS.2Ir/c1-24(2)21-10-6-5-9-19(21)20-12-11-17(15-22(20)24)23-18-8-4-3-7-16(18)13-14-25-23;1-2-5-11-10(4-1)7-8-14-13(11)12-6-3-9-15-12;;/h3-10,12-15H,1-2H3;1-5,7-9H;;/q2*-1;;. The van der Waals surface area contributed by atoms with Crippen LogP contribution in [0.15, 0.2) is 121 Å². The second-order valence-corrected chi connectivity index (χ2v) is 11.4. The van der Waals surface area contributed by atoms with Gasteiger partial charge in [-0.05, 0) is 56.0 Å². The van der Waals surface area contributed by atoms with Crippen LogP contribution in [0.1, 0.15) is 25.0 Å². The van der Waals surface area contributed by atoms with Gasteiger partial charge in [0.05, 0.1) is 0 Å². The van der Waals surface area contributed by atoms with Crippen LogP contribution in [0.2, 0.25) is 0 Å². The van der Waals surface area contributed by atoms with Crippen LogP contribution in [0, 0.1) is 12.1 Å². The van der Waals surface area contributed by atoms with Crippen molar-refractivity contribution in [2.45, 2.75) is 19.3 Å². The molecule has 1 aliphatic rings. The molecule has 4 aromatic carbocycles. The molecule has 0 fully saturated rings. The Kier molecular flexibility index (Phi) is 8.99. The third-order valence-electron chi connectivity index (χ3n) is 7.80. The second-order valence-electron chi connectivity index (χ2n) is 10.5. The van der Waals surface area contributed by atoms with Crippen molar-refractivity contribution in [1.82, 2.24) is 9.97 Å². The van der Waals surface area contributed by atoms with Crippen LogP contribution < -0.4 is 0 Å². The Morgan fingerprint density at radius 2 is 1.26 bits per heavy atom. The fourth-order valence-corrected chi connectivity index (χ4v) is 6.46. The summed E-state index contributed by atoms with van der Waals surface area (Å²) in [7, 11) is 0. The average molecular weight is 915 g/mol. The summed E-state index contributed by atoms with van der Waals surface area (Å²) in [6.07, 6.45) is 3.74. The quantitative estimate of drug-likeness (QED) is 0.162. The van der Waals surface area contributed by atoms with Gasteiger partial charge in [0.25, 0.3) is 0 Å². The minimum atomic E-state index is 0. The maximum atomic E-state index is 4.67. The van der Waals surface area contributed by atoms with E-state index < -0.39 is 0 Å². The van der Waals surface area contributed by atoms with Crippen LogP contribution >= 0.6 is 11.3 Å². The summed E-state index contributed by atoms with van der Waals surface area (Å²) < 4.78 is 0. The topological polar surface area (TPSA) is 25.8 Å². The van der Waals surface area contributed by atoms with Gasteiger partial charge in [0.15, 0.2) is 0 Å². The molecular weight excluding hydrogens is 889 g/mol. The van der Waals surface area contributed by atoms with Crippen molar-refractivity contribution < 1.29 is 40.2 Å². The first-order chi connectivity index (χ1) is 19.6. The zero-order valence-corrected chi connectivity index (χ0v) is 28.6. The third kappa shape index (κ3) is 5.33. The molecule has 0 amide bonds. The predicted octanol–water partition coefficient (Wildman–Crippen LogP) is 9.77. The molecule has 2 nitrogen and oxygen atoms in total. The Bertz CT molecular complexity index is 1990. The molecule has 0 atom stereocenters. The smallest absolute Gasteiger partial charge is 0.0167 e. The normalized spacial score (nSPS) is 12.3. The van der Waals surface area contributed by atoms with Gasteiger partial charge < -0.3 is 9.97 Å². The first-order valence-corrected chi connectivity index (χ1v) is 14.3. The fraction of sp³-hybridized carbons (Fsp3) is 0.0811. The number of hydrogen-bond donors (Lipinski definition) is 0. The van der Waals surface area contributed by atoms with E-state index in [4.69, 9.17) is 0 Å². The van der Waals surface area contributed by atoms with Crippen molar-refractivity contribution in [3.63, 3.8) is 0 Å². The average Bonchev–Trinajstić information content (AvgIpc) is 3.62. The van der Waals surface area contributed by atoms with Crippen molar-refractivity contribution in [3.8, 4) is 33.0 Å². The van der Waals surface area contributed by atoms with E-state index in [-0.39, 0.29) is 45.6 Å². The Morgan fingerprint density at radius 1 is 0.643 bits per heavy atom. The number of rotatable bonds is 2. The molecule has 0 saturated carbocycles. The number of fused-ring (bicyclic) bond motifs is 5. The molecule has 7 aromatic rings. The fourth-order valence-electron chi connectivity index (χ4n) is 5.78. The summed E-state index contributed by atoms with van der Waals surface area (Å²) in [6.45, 7) is 4.61. The molecule has 0 N–H and O–H groups in total. The molecule has 1 aliphatic carbocycles. The van der Waals surface area contributed by atoms with Crippen LogP contribution in [0.3, 0.4) is 0 Å². The molecule has 42 heavy (non-hydrogen) atoms. The van der Waals surface area contributed by atoms with E-state index in [1.54, 1.807) is 11.3 Å². The number of aromatic nitrogens is 2. The summed E-state index contributed by atoms with van der Waals surface area (Å²) in [4.78, 5) is 10.2.